The standard InChI is InChI=1S/C18H13NO5/c20-8-14-7-13(11-23-14)18-12(3-2-6-19-18)10-24-17-5-1-4-16(22)15(17)9-21/h1-9,11,22H,10H2. The number of pyridine rings is 1. The molecular weight excluding hydrogens is 310 g/mol. The monoisotopic (exact) mass is 323 g/mol. The van der Waals surface area contributed by atoms with Crippen LogP contribution in [-0.4, -0.2) is 22.7 Å². The minimum absolute atomic E-state index is 0.0921. The molecule has 3 aromatic rings. The average Bonchev–Trinajstić information content (AvgIpc) is 3.09. The Morgan fingerprint density at radius 3 is 2.79 bits per heavy atom. The van der Waals surface area contributed by atoms with Crippen LogP contribution in [0, 0.1) is 0 Å². The fourth-order valence-corrected chi connectivity index (χ4v) is 2.29. The van der Waals surface area contributed by atoms with Gasteiger partial charge < -0.3 is 14.3 Å². The second-order valence-electron chi connectivity index (χ2n) is 4.96. The lowest BCUT2D eigenvalue weighted by atomic mass is 10.1. The highest BCUT2D eigenvalue weighted by molar-refractivity contribution is 5.83. The van der Waals surface area contributed by atoms with Gasteiger partial charge in [-0.3, -0.25) is 14.6 Å². The maximum absolute atomic E-state index is 11.1. The van der Waals surface area contributed by atoms with Crippen LogP contribution >= 0.6 is 0 Å². The average molecular weight is 323 g/mol. The molecule has 0 saturated carbocycles. The number of nitrogens with zero attached hydrogens (tertiary/aromatic N) is 1. The zero-order valence-corrected chi connectivity index (χ0v) is 12.5. The van der Waals surface area contributed by atoms with Crippen molar-refractivity contribution in [3.8, 4) is 22.8 Å². The van der Waals surface area contributed by atoms with Crippen molar-refractivity contribution in [3.63, 3.8) is 0 Å². The molecule has 0 spiro atoms. The van der Waals surface area contributed by atoms with Gasteiger partial charge in [0.25, 0.3) is 0 Å². The van der Waals surface area contributed by atoms with E-state index in [0.29, 0.717) is 23.8 Å². The fourth-order valence-electron chi connectivity index (χ4n) is 2.29. The van der Waals surface area contributed by atoms with E-state index in [2.05, 4.69) is 4.98 Å². The van der Waals surface area contributed by atoms with E-state index in [9.17, 15) is 14.7 Å². The van der Waals surface area contributed by atoms with E-state index >= 15 is 0 Å². The summed E-state index contributed by atoms with van der Waals surface area (Å²) in [5.74, 6) is 0.346. The summed E-state index contributed by atoms with van der Waals surface area (Å²) >= 11 is 0. The van der Waals surface area contributed by atoms with E-state index < -0.39 is 0 Å². The van der Waals surface area contributed by atoms with Crippen molar-refractivity contribution >= 4 is 12.6 Å². The summed E-state index contributed by atoms with van der Waals surface area (Å²) in [6.07, 6.45) is 4.23. The molecule has 120 valence electrons. The molecule has 1 N–H and O–H groups in total. The van der Waals surface area contributed by atoms with Crippen LogP contribution in [0.4, 0.5) is 0 Å². The van der Waals surface area contributed by atoms with Crippen LogP contribution in [0.15, 0.2) is 53.3 Å². The summed E-state index contributed by atoms with van der Waals surface area (Å²) < 4.78 is 10.8. The van der Waals surface area contributed by atoms with Crippen LogP contribution in [0.25, 0.3) is 11.3 Å². The van der Waals surface area contributed by atoms with E-state index in [0.717, 1.165) is 5.56 Å². The molecule has 6 nitrogen and oxygen atoms in total. The van der Waals surface area contributed by atoms with Gasteiger partial charge in [0.05, 0.1) is 11.3 Å². The predicted octanol–water partition coefficient (Wildman–Crippen LogP) is 3.25. The van der Waals surface area contributed by atoms with Gasteiger partial charge in [-0.05, 0) is 24.3 Å². The summed E-state index contributed by atoms with van der Waals surface area (Å²) in [6.45, 7) is 0.134. The van der Waals surface area contributed by atoms with E-state index in [1.807, 2.05) is 6.07 Å². The van der Waals surface area contributed by atoms with Gasteiger partial charge in [-0.15, -0.1) is 0 Å². The molecule has 1 aromatic carbocycles. The van der Waals surface area contributed by atoms with Gasteiger partial charge in [0.1, 0.15) is 24.4 Å². The Labute approximate surface area is 137 Å². The number of benzene rings is 1. The molecule has 24 heavy (non-hydrogen) atoms. The Morgan fingerprint density at radius 1 is 1.17 bits per heavy atom. The molecule has 2 aromatic heterocycles. The minimum Gasteiger partial charge on any atom is -0.507 e. The van der Waals surface area contributed by atoms with Crippen LogP contribution in [-0.2, 0) is 6.61 Å². The number of hydrogen-bond donors (Lipinski definition) is 1. The lowest BCUT2D eigenvalue weighted by molar-refractivity contribution is 0.109. The van der Waals surface area contributed by atoms with Crippen molar-refractivity contribution < 1.29 is 23.8 Å². The quantitative estimate of drug-likeness (QED) is 0.700. The van der Waals surface area contributed by atoms with Gasteiger partial charge in [-0.2, -0.15) is 0 Å². The molecule has 0 amide bonds. The van der Waals surface area contributed by atoms with Gasteiger partial charge in [0, 0.05) is 17.3 Å². The first-order chi connectivity index (χ1) is 11.7. The van der Waals surface area contributed by atoms with Crippen LogP contribution in [0.1, 0.15) is 26.5 Å². The first kappa shape index (κ1) is 15.5. The van der Waals surface area contributed by atoms with Crippen LogP contribution in [0.5, 0.6) is 11.5 Å². The highest BCUT2D eigenvalue weighted by atomic mass is 16.5. The van der Waals surface area contributed by atoms with E-state index in [-0.39, 0.29) is 29.4 Å². The van der Waals surface area contributed by atoms with Crippen molar-refractivity contribution in [2.75, 3.05) is 0 Å². The third-order valence-electron chi connectivity index (χ3n) is 3.44. The number of aromatic hydroxyl groups is 1. The Kier molecular flexibility index (Phi) is 4.38. The van der Waals surface area contributed by atoms with Crippen LogP contribution in [0.3, 0.4) is 0 Å². The molecule has 0 saturated heterocycles. The van der Waals surface area contributed by atoms with Crippen molar-refractivity contribution in [2.45, 2.75) is 6.61 Å². The van der Waals surface area contributed by atoms with Crippen molar-refractivity contribution in [1.82, 2.24) is 4.98 Å². The predicted molar refractivity (Wildman–Crippen MR) is 85.2 cm³/mol. The summed E-state index contributed by atoms with van der Waals surface area (Å²) in [6, 6.07) is 9.77. The second-order valence-corrected chi connectivity index (χ2v) is 4.96. The highest BCUT2D eigenvalue weighted by Crippen LogP contribution is 2.28. The molecule has 0 atom stereocenters. The van der Waals surface area contributed by atoms with Gasteiger partial charge in [0.15, 0.2) is 18.3 Å². The number of aldehydes is 2. The molecule has 0 fully saturated rings. The third-order valence-corrected chi connectivity index (χ3v) is 3.44. The number of ether oxygens (including phenoxy) is 1. The number of carbonyl (C=O) groups is 2. The molecule has 0 bridgehead atoms. The van der Waals surface area contributed by atoms with Crippen molar-refractivity contribution in [2.24, 2.45) is 0 Å². The number of carbonyl (C=O) groups excluding carboxylic acids is 2. The lowest BCUT2D eigenvalue weighted by Gasteiger charge is -2.11. The largest absolute Gasteiger partial charge is 0.507 e. The third kappa shape index (κ3) is 3.03. The Balaban J connectivity index is 1.88. The van der Waals surface area contributed by atoms with Crippen LogP contribution < -0.4 is 4.74 Å². The Morgan fingerprint density at radius 2 is 2.04 bits per heavy atom. The second kappa shape index (κ2) is 6.78. The summed E-state index contributed by atoms with van der Waals surface area (Å²) in [4.78, 5) is 26.1. The maximum atomic E-state index is 11.1. The highest BCUT2D eigenvalue weighted by Gasteiger charge is 2.12. The van der Waals surface area contributed by atoms with E-state index in [1.54, 1.807) is 30.5 Å². The van der Waals surface area contributed by atoms with Crippen molar-refractivity contribution in [1.29, 1.82) is 0 Å². The smallest absolute Gasteiger partial charge is 0.185 e. The van der Waals surface area contributed by atoms with Gasteiger partial charge in [-0.1, -0.05) is 12.1 Å². The molecular formula is C18H13NO5. The maximum Gasteiger partial charge on any atom is 0.185 e. The van der Waals surface area contributed by atoms with Gasteiger partial charge >= 0.3 is 0 Å². The topological polar surface area (TPSA) is 89.6 Å². The molecule has 0 aliphatic rings. The van der Waals surface area contributed by atoms with Crippen LogP contribution in [0.2, 0.25) is 0 Å². The van der Waals surface area contributed by atoms with E-state index in [1.165, 1.54) is 12.3 Å². The number of phenols is 1. The number of phenolic OH excluding ortho intramolecular Hbond substituents is 1. The normalized spacial score (nSPS) is 10.3. The first-order valence-electron chi connectivity index (χ1n) is 7.11. The number of aromatic nitrogens is 1. The summed E-state index contributed by atoms with van der Waals surface area (Å²) in [5.41, 5.74) is 2.11. The van der Waals surface area contributed by atoms with E-state index in [4.69, 9.17) is 9.15 Å². The summed E-state index contributed by atoms with van der Waals surface area (Å²) in [5, 5.41) is 9.68. The molecule has 3 rings (SSSR count). The summed E-state index contributed by atoms with van der Waals surface area (Å²) in [7, 11) is 0. The first-order valence-corrected chi connectivity index (χ1v) is 7.11. The minimum atomic E-state index is -0.139. The number of furan rings is 1. The molecule has 0 aliphatic heterocycles. The fraction of sp³-hybridized carbons (Fsp3) is 0.0556. The number of rotatable bonds is 6. The molecule has 0 aliphatic carbocycles. The Bertz CT molecular complexity index is 885. The molecule has 0 radical (unpaired) electrons. The number of hydrogen-bond acceptors (Lipinski definition) is 6. The molecule has 0 unspecified atom stereocenters. The SMILES string of the molecule is O=Cc1cc(-c2ncccc2COc2cccc(O)c2C=O)co1. The zero-order chi connectivity index (χ0) is 16.9. The lowest BCUT2D eigenvalue weighted by Crippen LogP contribution is -2.01. The van der Waals surface area contributed by atoms with Gasteiger partial charge in [-0.25, -0.2) is 0 Å². The zero-order valence-electron chi connectivity index (χ0n) is 12.5. The van der Waals surface area contributed by atoms with Crippen molar-refractivity contribution in [3.05, 3.63) is 65.7 Å². The van der Waals surface area contributed by atoms with Gasteiger partial charge in [0.2, 0.25) is 0 Å². The molecule has 6 heteroatoms. The Hall–Kier alpha value is -3.41. The molecule has 2 heterocycles.